The fourth-order valence-corrected chi connectivity index (χ4v) is 0.897. The van der Waals surface area contributed by atoms with Crippen LogP contribution in [-0.4, -0.2) is 48.3 Å². The highest BCUT2D eigenvalue weighted by Crippen LogP contribution is 2.14. The van der Waals surface area contributed by atoms with Crippen molar-refractivity contribution in [2.24, 2.45) is 5.73 Å². The maximum atomic E-state index is 11.7. The molecule has 0 radical (unpaired) electrons. The lowest BCUT2D eigenvalue weighted by Crippen LogP contribution is -2.44. The smallest absolute Gasteiger partial charge is 0.411 e. The number of alkyl halides is 3. The summed E-state index contributed by atoms with van der Waals surface area (Å²) in [4.78, 5) is 32.0. The molecule has 18 heavy (non-hydrogen) atoms. The quantitative estimate of drug-likeness (QED) is 0.550. The number of rotatable bonds is 7. The van der Waals surface area contributed by atoms with Gasteiger partial charge in [0.25, 0.3) is 0 Å². The lowest BCUT2D eigenvalue weighted by molar-refractivity contribution is -0.176. The van der Waals surface area contributed by atoms with Gasteiger partial charge in [-0.15, -0.1) is 0 Å². The summed E-state index contributed by atoms with van der Waals surface area (Å²) in [7, 11) is 0. The Morgan fingerprint density at radius 1 is 1.33 bits per heavy atom. The van der Waals surface area contributed by atoms with Crippen LogP contribution < -0.4 is 11.1 Å². The van der Waals surface area contributed by atoms with Gasteiger partial charge in [0.1, 0.15) is 19.3 Å². The number of amides is 2. The van der Waals surface area contributed by atoms with Crippen LogP contribution in [0.4, 0.5) is 13.2 Å². The Labute approximate surface area is 99.1 Å². The van der Waals surface area contributed by atoms with E-state index in [9.17, 15) is 27.6 Å². The van der Waals surface area contributed by atoms with Crippen molar-refractivity contribution in [3.63, 3.8) is 0 Å². The Balaban J connectivity index is 4.11. The standard InChI is InChI=1S/C8H11F3N2O5/c9-8(10,11)3-18-2-6(15)13-4(7(16)17)1-5(12)14/h4H,1-3H2,(H2,12,14)(H,13,15)(H,16,17)/t4-/m1/s1. The first-order valence-corrected chi connectivity index (χ1v) is 4.57. The number of carbonyl (C=O) groups is 3. The third kappa shape index (κ3) is 8.33. The summed E-state index contributed by atoms with van der Waals surface area (Å²) in [5.41, 5.74) is 4.73. The van der Waals surface area contributed by atoms with Crippen LogP contribution in [0, 0.1) is 0 Å². The molecule has 0 unspecified atom stereocenters. The number of carbonyl (C=O) groups excluding carboxylic acids is 2. The predicted octanol–water partition coefficient (Wildman–Crippen LogP) is -0.990. The van der Waals surface area contributed by atoms with Gasteiger partial charge in [-0.05, 0) is 0 Å². The Morgan fingerprint density at radius 3 is 2.28 bits per heavy atom. The van der Waals surface area contributed by atoms with Gasteiger partial charge in [0.15, 0.2) is 0 Å². The average molecular weight is 272 g/mol. The number of nitrogens with two attached hydrogens (primary N) is 1. The van der Waals surface area contributed by atoms with Crippen molar-refractivity contribution in [1.82, 2.24) is 5.32 Å². The molecule has 10 heteroatoms. The van der Waals surface area contributed by atoms with Crippen LogP contribution in [0.1, 0.15) is 6.42 Å². The summed E-state index contributed by atoms with van der Waals surface area (Å²) in [5.74, 6) is -3.59. The fourth-order valence-electron chi connectivity index (χ4n) is 0.897. The fraction of sp³-hybridized carbons (Fsp3) is 0.625. The van der Waals surface area contributed by atoms with E-state index in [-0.39, 0.29) is 0 Å². The molecular weight excluding hydrogens is 261 g/mol. The van der Waals surface area contributed by atoms with Crippen molar-refractivity contribution in [1.29, 1.82) is 0 Å². The highest BCUT2D eigenvalue weighted by molar-refractivity contribution is 5.88. The van der Waals surface area contributed by atoms with E-state index in [1.54, 1.807) is 5.32 Å². The monoisotopic (exact) mass is 272 g/mol. The van der Waals surface area contributed by atoms with Crippen LogP contribution in [0.3, 0.4) is 0 Å². The lowest BCUT2D eigenvalue weighted by atomic mass is 10.2. The van der Waals surface area contributed by atoms with Gasteiger partial charge in [-0.2, -0.15) is 13.2 Å². The first-order valence-electron chi connectivity index (χ1n) is 4.57. The zero-order valence-corrected chi connectivity index (χ0v) is 8.99. The van der Waals surface area contributed by atoms with Crippen molar-refractivity contribution in [2.75, 3.05) is 13.2 Å². The number of carboxylic acid groups (broad SMARTS) is 1. The molecule has 0 fully saturated rings. The zero-order valence-electron chi connectivity index (χ0n) is 8.99. The summed E-state index contributed by atoms with van der Waals surface area (Å²) >= 11 is 0. The molecular formula is C8H11F3N2O5. The maximum Gasteiger partial charge on any atom is 0.411 e. The lowest BCUT2D eigenvalue weighted by Gasteiger charge is -2.13. The van der Waals surface area contributed by atoms with Gasteiger partial charge in [-0.1, -0.05) is 0 Å². The molecule has 0 aliphatic rings. The second-order valence-corrected chi connectivity index (χ2v) is 3.24. The number of aliphatic carboxylic acids is 1. The molecule has 0 saturated heterocycles. The molecule has 0 aliphatic carbocycles. The normalized spacial score (nSPS) is 12.8. The van der Waals surface area contributed by atoms with Gasteiger partial charge in [0.2, 0.25) is 11.8 Å². The summed E-state index contributed by atoms with van der Waals surface area (Å²) < 4.78 is 39.0. The largest absolute Gasteiger partial charge is 0.480 e. The third-order valence-corrected chi connectivity index (χ3v) is 1.54. The molecule has 0 saturated carbocycles. The SMILES string of the molecule is NC(=O)C[C@@H](NC(=O)COCC(F)(F)F)C(=O)O. The van der Waals surface area contributed by atoms with E-state index in [0.717, 1.165) is 0 Å². The number of ether oxygens (including phenoxy) is 1. The summed E-state index contributed by atoms with van der Waals surface area (Å²) in [5, 5.41) is 10.4. The Morgan fingerprint density at radius 2 is 1.89 bits per heavy atom. The van der Waals surface area contributed by atoms with Crippen molar-refractivity contribution >= 4 is 17.8 Å². The third-order valence-electron chi connectivity index (χ3n) is 1.54. The summed E-state index contributed by atoms with van der Waals surface area (Å²) in [6, 6.07) is -1.59. The van der Waals surface area contributed by atoms with Gasteiger partial charge >= 0.3 is 12.1 Å². The summed E-state index contributed by atoms with van der Waals surface area (Å²) in [6.07, 6.45) is -5.25. The van der Waals surface area contributed by atoms with Crippen molar-refractivity contribution in [2.45, 2.75) is 18.6 Å². The van der Waals surface area contributed by atoms with Crippen LogP contribution in [0.5, 0.6) is 0 Å². The topological polar surface area (TPSA) is 119 Å². The Bertz CT molecular complexity index is 331. The van der Waals surface area contributed by atoms with Crippen LogP contribution in [0.25, 0.3) is 0 Å². The van der Waals surface area contributed by atoms with Gasteiger partial charge in [-0.3, -0.25) is 9.59 Å². The van der Waals surface area contributed by atoms with Crippen LogP contribution >= 0.6 is 0 Å². The zero-order chi connectivity index (χ0) is 14.3. The number of carboxylic acids is 1. The number of nitrogens with one attached hydrogen (secondary N) is 1. The number of hydrogen-bond donors (Lipinski definition) is 3. The molecule has 7 nitrogen and oxygen atoms in total. The van der Waals surface area contributed by atoms with Crippen LogP contribution in [0.2, 0.25) is 0 Å². The van der Waals surface area contributed by atoms with E-state index >= 15 is 0 Å². The minimum atomic E-state index is -4.58. The minimum Gasteiger partial charge on any atom is -0.480 e. The van der Waals surface area contributed by atoms with Crippen LogP contribution in [0.15, 0.2) is 0 Å². The number of halogens is 3. The van der Waals surface area contributed by atoms with Gasteiger partial charge in [0.05, 0.1) is 6.42 Å². The van der Waals surface area contributed by atoms with Gasteiger partial charge < -0.3 is 20.9 Å². The second-order valence-electron chi connectivity index (χ2n) is 3.24. The average Bonchev–Trinajstić information content (AvgIpc) is 2.13. The molecule has 0 rings (SSSR count). The van der Waals surface area contributed by atoms with Crippen molar-refractivity contribution in [3.05, 3.63) is 0 Å². The molecule has 0 aromatic rings. The summed E-state index contributed by atoms with van der Waals surface area (Å²) in [6.45, 7) is -2.60. The van der Waals surface area contributed by atoms with Crippen molar-refractivity contribution < 1.29 is 37.4 Å². The maximum absolute atomic E-state index is 11.7. The molecule has 104 valence electrons. The molecule has 4 N–H and O–H groups in total. The molecule has 0 aliphatic heterocycles. The number of hydrogen-bond acceptors (Lipinski definition) is 4. The molecule has 1 atom stereocenters. The van der Waals surface area contributed by atoms with E-state index in [1.807, 2.05) is 0 Å². The van der Waals surface area contributed by atoms with Gasteiger partial charge in [-0.25, -0.2) is 4.79 Å². The van der Waals surface area contributed by atoms with Crippen molar-refractivity contribution in [3.8, 4) is 0 Å². The van der Waals surface area contributed by atoms with E-state index in [4.69, 9.17) is 10.8 Å². The molecule has 0 bridgehead atoms. The van der Waals surface area contributed by atoms with E-state index < -0.39 is 49.6 Å². The molecule has 0 aromatic heterocycles. The highest BCUT2D eigenvalue weighted by Gasteiger charge is 2.28. The molecule has 0 spiro atoms. The Hall–Kier alpha value is -1.84. The van der Waals surface area contributed by atoms with E-state index in [1.165, 1.54) is 0 Å². The van der Waals surface area contributed by atoms with Crippen LogP contribution in [-0.2, 0) is 19.1 Å². The first kappa shape index (κ1) is 16.2. The van der Waals surface area contributed by atoms with Gasteiger partial charge in [0, 0.05) is 0 Å². The number of primary amides is 1. The minimum absolute atomic E-state index is 0.666. The Kier molecular flexibility index (Phi) is 6.09. The first-order chi connectivity index (χ1) is 8.11. The highest BCUT2D eigenvalue weighted by atomic mass is 19.4. The van der Waals surface area contributed by atoms with E-state index in [0.29, 0.717) is 0 Å². The molecule has 0 aromatic carbocycles. The molecule has 0 heterocycles. The predicted molar refractivity (Wildman–Crippen MR) is 50.3 cm³/mol. The molecule has 2 amide bonds. The second kappa shape index (κ2) is 6.79. The van der Waals surface area contributed by atoms with E-state index in [2.05, 4.69) is 4.74 Å².